The molecule has 0 saturated heterocycles. The SMILES string of the molecule is CCCCCCCCCCCCCCCC(CCCN=C(N)N)NC(C)=O. The van der Waals surface area contributed by atoms with Crippen LogP contribution >= 0.6 is 0 Å². The summed E-state index contributed by atoms with van der Waals surface area (Å²) in [5, 5.41) is 3.06. The zero-order valence-corrected chi connectivity index (χ0v) is 18.1. The van der Waals surface area contributed by atoms with Crippen LogP contribution in [0.25, 0.3) is 0 Å². The summed E-state index contributed by atoms with van der Waals surface area (Å²) < 4.78 is 0. The van der Waals surface area contributed by atoms with Gasteiger partial charge in [0, 0.05) is 19.5 Å². The van der Waals surface area contributed by atoms with E-state index in [4.69, 9.17) is 11.5 Å². The molecule has 0 bridgehead atoms. The van der Waals surface area contributed by atoms with Gasteiger partial charge >= 0.3 is 0 Å². The number of aliphatic imine (C=N–C) groups is 1. The van der Waals surface area contributed by atoms with Gasteiger partial charge in [-0.25, -0.2) is 0 Å². The van der Waals surface area contributed by atoms with Gasteiger partial charge in [-0.1, -0.05) is 90.4 Å². The molecule has 0 aliphatic heterocycles. The van der Waals surface area contributed by atoms with E-state index in [0.29, 0.717) is 6.54 Å². The Morgan fingerprint density at radius 3 is 1.67 bits per heavy atom. The second-order valence-electron chi connectivity index (χ2n) is 7.88. The number of nitrogens with one attached hydrogen (secondary N) is 1. The van der Waals surface area contributed by atoms with Crippen molar-refractivity contribution in [1.82, 2.24) is 5.32 Å². The van der Waals surface area contributed by atoms with Crippen LogP contribution in [0.2, 0.25) is 0 Å². The van der Waals surface area contributed by atoms with Crippen LogP contribution in [0.3, 0.4) is 0 Å². The van der Waals surface area contributed by atoms with Gasteiger partial charge in [-0.05, 0) is 19.3 Å². The Hall–Kier alpha value is -1.26. The molecule has 1 amide bonds. The number of unbranched alkanes of at least 4 members (excludes halogenated alkanes) is 12. The maximum absolute atomic E-state index is 11.4. The third-order valence-corrected chi connectivity index (χ3v) is 5.07. The van der Waals surface area contributed by atoms with Gasteiger partial charge in [-0.15, -0.1) is 0 Å². The molecule has 0 aliphatic carbocycles. The van der Waals surface area contributed by atoms with E-state index in [1.54, 1.807) is 6.92 Å². The maximum atomic E-state index is 11.4. The fourth-order valence-electron chi connectivity index (χ4n) is 3.53. The van der Waals surface area contributed by atoms with Crippen molar-refractivity contribution in [2.24, 2.45) is 16.5 Å². The van der Waals surface area contributed by atoms with Crippen LogP contribution in [0, 0.1) is 0 Å². The van der Waals surface area contributed by atoms with Crippen molar-refractivity contribution in [3.63, 3.8) is 0 Å². The van der Waals surface area contributed by atoms with Crippen molar-refractivity contribution in [1.29, 1.82) is 0 Å². The quantitative estimate of drug-likeness (QED) is 0.166. The van der Waals surface area contributed by atoms with E-state index in [1.807, 2.05) is 0 Å². The number of guanidine groups is 1. The Balaban J connectivity index is 3.54. The maximum Gasteiger partial charge on any atom is 0.217 e. The second-order valence-corrected chi connectivity index (χ2v) is 7.88. The fourth-order valence-corrected chi connectivity index (χ4v) is 3.53. The van der Waals surface area contributed by atoms with Crippen molar-refractivity contribution in [2.45, 2.75) is 123 Å². The Labute approximate surface area is 168 Å². The van der Waals surface area contributed by atoms with Crippen LogP contribution in [0.4, 0.5) is 0 Å². The molecule has 27 heavy (non-hydrogen) atoms. The molecule has 0 heterocycles. The predicted molar refractivity (Wildman–Crippen MR) is 118 cm³/mol. The molecule has 0 aromatic carbocycles. The standard InChI is InChI=1S/C22H46N4O/c1-3-4-5-6-7-8-9-10-11-12-13-14-15-17-21(26-20(2)27)18-16-19-25-22(23)24/h21H,3-19H2,1-2H3,(H,26,27)(H4,23,24,25). The molecule has 5 N–H and O–H groups in total. The van der Waals surface area contributed by atoms with Gasteiger partial charge in [-0.3, -0.25) is 9.79 Å². The average Bonchev–Trinajstić information content (AvgIpc) is 2.61. The highest BCUT2D eigenvalue weighted by atomic mass is 16.1. The van der Waals surface area contributed by atoms with Gasteiger partial charge < -0.3 is 16.8 Å². The number of carbonyl (C=O) groups excluding carboxylic acids is 1. The number of hydrogen-bond donors (Lipinski definition) is 3. The fraction of sp³-hybridized carbons (Fsp3) is 0.909. The second kappa shape index (κ2) is 19.5. The van der Waals surface area contributed by atoms with E-state index in [2.05, 4.69) is 17.2 Å². The summed E-state index contributed by atoms with van der Waals surface area (Å²) in [6.07, 6.45) is 20.6. The lowest BCUT2D eigenvalue weighted by Gasteiger charge is -2.17. The lowest BCUT2D eigenvalue weighted by molar-refractivity contribution is -0.119. The van der Waals surface area contributed by atoms with E-state index in [0.717, 1.165) is 19.3 Å². The van der Waals surface area contributed by atoms with Crippen molar-refractivity contribution in [3.8, 4) is 0 Å². The Morgan fingerprint density at radius 1 is 0.778 bits per heavy atom. The highest BCUT2D eigenvalue weighted by Crippen LogP contribution is 2.14. The molecule has 5 nitrogen and oxygen atoms in total. The van der Waals surface area contributed by atoms with Gasteiger partial charge in [0.2, 0.25) is 5.91 Å². The molecule has 0 aromatic heterocycles. The summed E-state index contributed by atoms with van der Waals surface area (Å²) in [6.45, 7) is 4.50. The Kier molecular flexibility index (Phi) is 18.6. The largest absolute Gasteiger partial charge is 0.370 e. The number of amides is 1. The smallest absolute Gasteiger partial charge is 0.217 e. The summed E-state index contributed by atoms with van der Waals surface area (Å²) in [5.74, 6) is 0.194. The number of rotatable bonds is 19. The van der Waals surface area contributed by atoms with Crippen LogP contribution in [-0.2, 0) is 4.79 Å². The lowest BCUT2D eigenvalue weighted by atomic mass is 10.0. The molecular formula is C22H46N4O. The number of nitrogens with two attached hydrogens (primary N) is 2. The summed E-state index contributed by atoms with van der Waals surface area (Å²) >= 11 is 0. The Bertz CT molecular complexity index is 367. The zero-order valence-electron chi connectivity index (χ0n) is 18.1. The molecule has 1 unspecified atom stereocenters. The summed E-state index contributed by atoms with van der Waals surface area (Å²) in [5.41, 5.74) is 10.7. The number of nitrogens with zero attached hydrogens (tertiary/aromatic N) is 1. The molecule has 0 radical (unpaired) electrons. The van der Waals surface area contributed by atoms with Gasteiger partial charge in [0.25, 0.3) is 0 Å². The molecule has 0 spiro atoms. The van der Waals surface area contributed by atoms with Gasteiger partial charge in [0.15, 0.2) is 5.96 Å². The van der Waals surface area contributed by atoms with Gasteiger partial charge in [0.05, 0.1) is 0 Å². The normalized spacial score (nSPS) is 11.9. The highest BCUT2D eigenvalue weighted by molar-refractivity contribution is 5.75. The molecule has 0 fully saturated rings. The van der Waals surface area contributed by atoms with Crippen LogP contribution < -0.4 is 16.8 Å². The molecule has 160 valence electrons. The van der Waals surface area contributed by atoms with E-state index in [-0.39, 0.29) is 17.9 Å². The third kappa shape index (κ3) is 20.9. The topological polar surface area (TPSA) is 93.5 Å². The van der Waals surface area contributed by atoms with Gasteiger partial charge in [-0.2, -0.15) is 0 Å². The van der Waals surface area contributed by atoms with Crippen LogP contribution in [0.1, 0.15) is 117 Å². The Morgan fingerprint density at radius 2 is 1.22 bits per heavy atom. The first-order valence-electron chi connectivity index (χ1n) is 11.4. The van der Waals surface area contributed by atoms with E-state index < -0.39 is 0 Å². The molecule has 0 saturated carbocycles. The summed E-state index contributed by atoms with van der Waals surface area (Å²) in [6, 6.07) is 0.254. The minimum Gasteiger partial charge on any atom is -0.370 e. The van der Waals surface area contributed by atoms with E-state index in [1.165, 1.54) is 83.5 Å². The molecule has 0 aromatic rings. The zero-order chi connectivity index (χ0) is 20.2. The molecule has 0 aliphatic rings. The first-order valence-corrected chi connectivity index (χ1v) is 11.4. The highest BCUT2D eigenvalue weighted by Gasteiger charge is 2.09. The molecule has 0 rings (SSSR count). The van der Waals surface area contributed by atoms with Crippen LogP contribution in [0.5, 0.6) is 0 Å². The van der Waals surface area contributed by atoms with E-state index >= 15 is 0 Å². The van der Waals surface area contributed by atoms with Crippen molar-refractivity contribution >= 4 is 11.9 Å². The first kappa shape index (κ1) is 25.7. The third-order valence-electron chi connectivity index (χ3n) is 5.07. The van der Waals surface area contributed by atoms with Crippen molar-refractivity contribution in [3.05, 3.63) is 0 Å². The predicted octanol–water partition coefficient (Wildman–Crippen LogP) is 5.03. The molecule has 1 atom stereocenters. The van der Waals surface area contributed by atoms with Crippen molar-refractivity contribution < 1.29 is 4.79 Å². The first-order chi connectivity index (χ1) is 13.1. The van der Waals surface area contributed by atoms with Crippen LogP contribution in [-0.4, -0.2) is 24.5 Å². The summed E-state index contributed by atoms with van der Waals surface area (Å²) in [4.78, 5) is 15.4. The monoisotopic (exact) mass is 382 g/mol. The lowest BCUT2D eigenvalue weighted by Crippen LogP contribution is -2.33. The summed E-state index contributed by atoms with van der Waals surface area (Å²) in [7, 11) is 0. The number of carbonyl (C=O) groups is 1. The molecule has 5 heteroatoms. The van der Waals surface area contributed by atoms with Crippen LogP contribution in [0.15, 0.2) is 4.99 Å². The van der Waals surface area contributed by atoms with Gasteiger partial charge in [0.1, 0.15) is 0 Å². The number of hydrogen-bond acceptors (Lipinski definition) is 2. The molecular weight excluding hydrogens is 336 g/mol. The van der Waals surface area contributed by atoms with E-state index in [9.17, 15) is 4.79 Å². The average molecular weight is 383 g/mol. The van der Waals surface area contributed by atoms with Crippen molar-refractivity contribution in [2.75, 3.05) is 6.54 Å². The minimum atomic E-state index is 0.0523. The minimum absolute atomic E-state index is 0.0523.